The van der Waals surface area contributed by atoms with E-state index in [1.165, 1.54) is 32.1 Å². The summed E-state index contributed by atoms with van der Waals surface area (Å²) in [6.45, 7) is 6.47. The Hall–Kier alpha value is -0.315. The SMILES string of the molecule is BC1CCCCCC2C(C1)O/C(=N/C(C)S)N2C(C)C. The second-order valence-corrected chi connectivity index (χ2v) is 7.49. The molecule has 4 unspecified atom stereocenters. The number of amidine groups is 1. The molecule has 0 aromatic carbocycles. The fraction of sp³-hybridized carbons (Fsp3) is 0.933. The lowest BCUT2D eigenvalue weighted by molar-refractivity contribution is 0.162. The van der Waals surface area contributed by atoms with Crippen molar-refractivity contribution in [3.05, 3.63) is 0 Å². The molecule has 4 atom stereocenters. The lowest BCUT2D eigenvalue weighted by Gasteiger charge is -2.29. The number of fused-ring (bicyclic) bond motifs is 1. The summed E-state index contributed by atoms with van der Waals surface area (Å²) in [4.78, 5) is 7.00. The Balaban J connectivity index is 2.21. The first-order chi connectivity index (χ1) is 9.49. The van der Waals surface area contributed by atoms with Crippen molar-refractivity contribution in [3.63, 3.8) is 0 Å². The molecule has 20 heavy (non-hydrogen) atoms. The summed E-state index contributed by atoms with van der Waals surface area (Å²) in [5, 5.41) is -0.00372. The highest BCUT2D eigenvalue weighted by molar-refractivity contribution is 7.80. The summed E-state index contributed by atoms with van der Waals surface area (Å²) in [6.07, 6.45) is 8.08. The molecule has 3 nitrogen and oxygen atoms in total. The minimum atomic E-state index is -0.00372. The number of hydrogen-bond acceptors (Lipinski definition) is 3. The van der Waals surface area contributed by atoms with Gasteiger partial charge in [0.1, 0.15) is 14.0 Å². The lowest BCUT2D eigenvalue weighted by atomic mass is 9.78. The van der Waals surface area contributed by atoms with E-state index >= 15 is 0 Å². The molecule has 1 aliphatic heterocycles. The van der Waals surface area contributed by atoms with Crippen molar-refractivity contribution >= 4 is 26.5 Å². The molecule has 1 saturated heterocycles. The smallest absolute Gasteiger partial charge is 0.289 e. The van der Waals surface area contributed by atoms with E-state index in [0.717, 1.165) is 18.3 Å². The molecule has 0 aromatic heterocycles. The fourth-order valence-corrected chi connectivity index (χ4v) is 3.62. The van der Waals surface area contributed by atoms with E-state index in [1.54, 1.807) is 0 Å². The predicted octanol–water partition coefficient (Wildman–Crippen LogP) is 2.87. The van der Waals surface area contributed by atoms with E-state index in [0.29, 0.717) is 18.2 Å². The molecule has 114 valence electrons. The molecule has 1 aliphatic carbocycles. The van der Waals surface area contributed by atoms with E-state index in [-0.39, 0.29) is 5.37 Å². The highest BCUT2D eigenvalue weighted by atomic mass is 32.1. The molecule has 1 saturated carbocycles. The van der Waals surface area contributed by atoms with Crippen LogP contribution in [0.15, 0.2) is 4.99 Å². The Morgan fingerprint density at radius 3 is 2.60 bits per heavy atom. The molecular weight excluding hydrogens is 267 g/mol. The van der Waals surface area contributed by atoms with Gasteiger partial charge in [0.05, 0.1) is 11.4 Å². The van der Waals surface area contributed by atoms with Crippen LogP contribution in [0.5, 0.6) is 0 Å². The molecule has 5 heteroatoms. The molecule has 2 fully saturated rings. The van der Waals surface area contributed by atoms with Crippen molar-refractivity contribution < 1.29 is 4.74 Å². The van der Waals surface area contributed by atoms with Crippen LogP contribution in [0.2, 0.25) is 5.82 Å². The molecule has 2 rings (SSSR count). The van der Waals surface area contributed by atoms with Crippen LogP contribution in [0.4, 0.5) is 0 Å². The van der Waals surface area contributed by atoms with Gasteiger partial charge in [0.2, 0.25) is 0 Å². The van der Waals surface area contributed by atoms with Gasteiger partial charge in [-0.1, -0.05) is 31.5 Å². The molecule has 2 aliphatic rings. The van der Waals surface area contributed by atoms with Crippen LogP contribution < -0.4 is 0 Å². The topological polar surface area (TPSA) is 24.8 Å². The summed E-state index contributed by atoms with van der Waals surface area (Å²) in [5.41, 5.74) is 0. The zero-order valence-electron chi connectivity index (χ0n) is 13.4. The average Bonchev–Trinajstić information content (AvgIpc) is 2.67. The van der Waals surface area contributed by atoms with E-state index in [9.17, 15) is 0 Å². The molecule has 0 radical (unpaired) electrons. The van der Waals surface area contributed by atoms with Crippen molar-refractivity contribution in [1.29, 1.82) is 0 Å². The van der Waals surface area contributed by atoms with Gasteiger partial charge in [0.15, 0.2) is 0 Å². The Labute approximate surface area is 130 Å². The van der Waals surface area contributed by atoms with E-state index < -0.39 is 0 Å². The maximum Gasteiger partial charge on any atom is 0.289 e. The summed E-state index contributed by atoms with van der Waals surface area (Å²) in [5.74, 6) is 0.752. The molecule has 1 heterocycles. The number of nitrogens with zero attached hydrogens (tertiary/aromatic N) is 2. The second kappa shape index (κ2) is 7.10. The second-order valence-electron chi connectivity index (χ2n) is 6.75. The third-order valence-electron chi connectivity index (χ3n) is 4.45. The van der Waals surface area contributed by atoms with Crippen LogP contribution in [-0.4, -0.2) is 42.3 Å². The third kappa shape index (κ3) is 3.87. The van der Waals surface area contributed by atoms with Gasteiger partial charge in [-0.3, -0.25) is 0 Å². The first-order valence-electron chi connectivity index (χ1n) is 8.20. The zero-order valence-corrected chi connectivity index (χ0v) is 14.3. The third-order valence-corrected chi connectivity index (χ3v) is 4.56. The summed E-state index contributed by atoms with van der Waals surface area (Å²) < 4.78 is 6.24. The maximum atomic E-state index is 6.24. The minimum absolute atomic E-state index is 0.00372. The highest BCUT2D eigenvalue weighted by Crippen LogP contribution is 2.34. The summed E-state index contributed by atoms with van der Waals surface area (Å²) >= 11 is 4.40. The molecule has 0 N–H and O–H groups in total. The fourth-order valence-electron chi connectivity index (χ4n) is 3.52. The van der Waals surface area contributed by atoms with Gasteiger partial charge in [0.25, 0.3) is 6.02 Å². The molecular formula is C15H29BN2OS. The number of rotatable bonds is 2. The molecule has 0 amide bonds. The molecule has 0 spiro atoms. The zero-order chi connectivity index (χ0) is 14.7. The van der Waals surface area contributed by atoms with Gasteiger partial charge in [0, 0.05) is 6.04 Å². The van der Waals surface area contributed by atoms with Crippen molar-refractivity contribution in [2.45, 2.75) is 88.7 Å². The van der Waals surface area contributed by atoms with Gasteiger partial charge in [-0.15, -0.1) is 0 Å². The van der Waals surface area contributed by atoms with Crippen LogP contribution in [0.25, 0.3) is 0 Å². The van der Waals surface area contributed by atoms with Crippen molar-refractivity contribution in [3.8, 4) is 0 Å². The highest BCUT2D eigenvalue weighted by Gasteiger charge is 2.41. The Kier molecular flexibility index (Phi) is 5.70. The first-order valence-corrected chi connectivity index (χ1v) is 8.71. The normalized spacial score (nSPS) is 35.1. The van der Waals surface area contributed by atoms with Gasteiger partial charge < -0.3 is 9.64 Å². The lowest BCUT2D eigenvalue weighted by Crippen LogP contribution is -2.42. The van der Waals surface area contributed by atoms with E-state index in [1.807, 2.05) is 6.92 Å². The van der Waals surface area contributed by atoms with Gasteiger partial charge in [-0.05, 0) is 33.6 Å². The molecule has 0 bridgehead atoms. The van der Waals surface area contributed by atoms with Crippen LogP contribution in [0.1, 0.15) is 59.3 Å². The van der Waals surface area contributed by atoms with Crippen molar-refractivity contribution in [1.82, 2.24) is 4.90 Å². The number of aliphatic imine (C=N–C) groups is 1. The number of thiol groups is 1. The number of hydrogen-bond donors (Lipinski definition) is 1. The average molecular weight is 296 g/mol. The van der Waals surface area contributed by atoms with Gasteiger partial charge in [-0.2, -0.15) is 12.6 Å². The Bertz CT molecular complexity index is 349. The van der Waals surface area contributed by atoms with Crippen molar-refractivity contribution in [2.75, 3.05) is 0 Å². The van der Waals surface area contributed by atoms with Gasteiger partial charge >= 0.3 is 0 Å². The van der Waals surface area contributed by atoms with Crippen molar-refractivity contribution in [2.24, 2.45) is 4.99 Å². The van der Waals surface area contributed by atoms with Crippen LogP contribution >= 0.6 is 12.6 Å². The molecule has 0 aromatic rings. The largest absolute Gasteiger partial charge is 0.460 e. The number of ether oxygens (including phenoxy) is 1. The summed E-state index contributed by atoms with van der Waals surface area (Å²) in [7, 11) is 2.36. The Morgan fingerprint density at radius 2 is 1.95 bits per heavy atom. The van der Waals surface area contributed by atoms with Crippen LogP contribution in [-0.2, 0) is 4.74 Å². The van der Waals surface area contributed by atoms with Crippen LogP contribution in [0.3, 0.4) is 0 Å². The van der Waals surface area contributed by atoms with E-state index in [4.69, 9.17) is 4.74 Å². The monoisotopic (exact) mass is 296 g/mol. The summed E-state index contributed by atoms with van der Waals surface area (Å²) in [6, 6.07) is 1.76. The quantitative estimate of drug-likeness (QED) is 0.626. The minimum Gasteiger partial charge on any atom is -0.460 e. The predicted molar refractivity (Wildman–Crippen MR) is 91.5 cm³/mol. The maximum absolute atomic E-state index is 6.24. The van der Waals surface area contributed by atoms with E-state index in [2.05, 4.69) is 44.2 Å². The Morgan fingerprint density at radius 1 is 1.25 bits per heavy atom. The standard InChI is InChI=1S/C15H29BN2OS/c1-10(2)18-13-8-6-4-5-7-12(16)9-14(13)19-15(18)17-11(3)20/h10-14,20H,4-9,16H2,1-3H3/b17-15+. The van der Waals surface area contributed by atoms with Crippen LogP contribution in [0, 0.1) is 0 Å². The van der Waals surface area contributed by atoms with Gasteiger partial charge in [-0.25, -0.2) is 4.99 Å². The first kappa shape index (κ1) is 16.1.